The Labute approximate surface area is 118 Å². The molecule has 2 rings (SSSR count). The summed E-state index contributed by atoms with van der Waals surface area (Å²) in [5.74, 6) is 6.70. The molecule has 0 aliphatic rings. The Morgan fingerprint density at radius 2 is 1.90 bits per heavy atom. The van der Waals surface area contributed by atoms with Gasteiger partial charge in [-0.05, 0) is 32.9 Å². The van der Waals surface area contributed by atoms with E-state index >= 15 is 0 Å². The van der Waals surface area contributed by atoms with E-state index in [9.17, 15) is 0 Å². The van der Waals surface area contributed by atoms with Gasteiger partial charge in [-0.15, -0.1) is 0 Å². The molecule has 2 aromatic rings. The Balaban J connectivity index is 2.41. The number of aromatic nitrogens is 3. The minimum absolute atomic E-state index is 0.162. The van der Waals surface area contributed by atoms with E-state index in [0.717, 1.165) is 5.69 Å². The van der Waals surface area contributed by atoms with E-state index in [-0.39, 0.29) is 11.4 Å². The van der Waals surface area contributed by atoms with Crippen LogP contribution in [0.4, 0.5) is 11.8 Å². The van der Waals surface area contributed by atoms with Crippen LogP contribution in [0, 0.1) is 18.8 Å². The van der Waals surface area contributed by atoms with Crippen LogP contribution >= 0.6 is 0 Å². The Bertz CT molecular complexity index is 657. The number of hydrogen-bond acceptors (Lipinski definition) is 5. The van der Waals surface area contributed by atoms with Gasteiger partial charge in [-0.2, -0.15) is 4.98 Å². The van der Waals surface area contributed by atoms with E-state index in [1.54, 1.807) is 6.20 Å². The van der Waals surface area contributed by atoms with Gasteiger partial charge in [-0.3, -0.25) is 4.98 Å². The van der Waals surface area contributed by atoms with Gasteiger partial charge in [-0.25, -0.2) is 4.98 Å². The van der Waals surface area contributed by atoms with Crippen LogP contribution in [0.2, 0.25) is 0 Å². The molecule has 0 saturated heterocycles. The Morgan fingerprint density at radius 1 is 1.15 bits per heavy atom. The van der Waals surface area contributed by atoms with Gasteiger partial charge in [-0.1, -0.05) is 17.9 Å². The average molecular weight is 267 g/mol. The van der Waals surface area contributed by atoms with Gasteiger partial charge in [0.15, 0.2) is 0 Å². The maximum Gasteiger partial charge on any atom is 0.222 e. The Kier molecular flexibility index (Phi) is 3.57. The van der Waals surface area contributed by atoms with Crippen LogP contribution < -0.4 is 11.5 Å². The highest BCUT2D eigenvalue weighted by Gasteiger charge is 2.18. The van der Waals surface area contributed by atoms with Gasteiger partial charge < -0.3 is 11.5 Å². The van der Waals surface area contributed by atoms with Crippen molar-refractivity contribution in [3.8, 4) is 11.8 Å². The molecule has 0 saturated carbocycles. The summed E-state index contributed by atoms with van der Waals surface area (Å²) in [6, 6.07) is 5.77. The lowest BCUT2D eigenvalue weighted by Gasteiger charge is -2.16. The topological polar surface area (TPSA) is 90.7 Å². The lowest BCUT2D eigenvalue weighted by Crippen LogP contribution is -2.16. The molecule has 0 aliphatic carbocycles. The molecule has 2 heterocycles. The van der Waals surface area contributed by atoms with Crippen molar-refractivity contribution in [1.82, 2.24) is 15.0 Å². The molecule has 0 unspecified atom stereocenters. The molecule has 0 bridgehead atoms. The second-order valence-corrected chi connectivity index (χ2v) is 5.02. The molecule has 4 N–H and O–H groups in total. The quantitative estimate of drug-likeness (QED) is 0.767. The van der Waals surface area contributed by atoms with Gasteiger partial charge in [0.1, 0.15) is 5.82 Å². The maximum atomic E-state index is 5.84. The van der Waals surface area contributed by atoms with Crippen LogP contribution in [-0.2, 0) is 5.41 Å². The molecule has 102 valence electrons. The van der Waals surface area contributed by atoms with Crippen LogP contribution in [0.3, 0.4) is 0 Å². The van der Waals surface area contributed by atoms with E-state index in [2.05, 4.69) is 26.8 Å². The molecule has 0 aliphatic heterocycles. The van der Waals surface area contributed by atoms with Crippen molar-refractivity contribution < 1.29 is 0 Å². The summed E-state index contributed by atoms with van der Waals surface area (Å²) in [6.45, 7) is 5.82. The normalized spacial score (nSPS) is 10.8. The third kappa shape index (κ3) is 2.86. The van der Waals surface area contributed by atoms with E-state index in [1.165, 1.54) is 0 Å². The van der Waals surface area contributed by atoms with Gasteiger partial charge in [0.2, 0.25) is 5.95 Å². The number of nitrogens with zero attached hydrogens (tertiary/aromatic N) is 3. The molecule has 5 nitrogen and oxygen atoms in total. The first-order chi connectivity index (χ1) is 9.40. The zero-order valence-electron chi connectivity index (χ0n) is 11.8. The fourth-order valence-electron chi connectivity index (χ4n) is 1.79. The molecule has 0 amide bonds. The fraction of sp³-hybridized carbons (Fsp3) is 0.267. The summed E-state index contributed by atoms with van der Waals surface area (Å²) in [6.07, 6.45) is 1.75. The van der Waals surface area contributed by atoms with Gasteiger partial charge in [0.25, 0.3) is 0 Å². The second kappa shape index (κ2) is 5.17. The predicted molar refractivity (Wildman–Crippen MR) is 79.7 cm³/mol. The number of hydrogen-bond donors (Lipinski definition) is 2. The summed E-state index contributed by atoms with van der Waals surface area (Å²) in [5.41, 5.74) is 13.2. The van der Waals surface area contributed by atoms with Crippen LogP contribution in [0.25, 0.3) is 0 Å². The van der Waals surface area contributed by atoms with Crippen molar-refractivity contribution in [2.75, 3.05) is 11.5 Å². The Morgan fingerprint density at radius 3 is 2.50 bits per heavy atom. The molecule has 0 aromatic carbocycles. The van der Waals surface area contributed by atoms with Gasteiger partial charge in [0, 0.05) is 6.20 Å². The lowest BCUT2D eigenvalue weighted by molar-refractivity contribution is 0.670. The Hall–Kier alpha value is -2.61. The van der Waals surface area contributed by atoms with Crippen molar-refractivity contribution in [1.29, 1.82) is 0 Å². The number of pyridine rings is 1. The summed E-state index contributed by atoms with van der Waals surface area (Å²) in [4.78, 5) is 12.3. The summed E-state index contributed by atoms with van der Waals surface area (Å²) < 4.78 is 0. The third-order valence-corrected chi connectivity index (χ3v) is 2.94. The summed E-state index contributed by atoms with van der Waals surface area (Å²) >= 11 is 0. The van der Waals surface area contributed by atoms with Gasteiger partial charge >= 0.3 is 0 Å². The second-order valence-electron chi connectivity index (χ2n) is 5.02. The van der Waals surface area contributed by atoms with E-state index in [0.29, 0.717) is 17.1 Å². The first-order valence-electron chi connectivity index (χ1n) is 6.24. The van der Waals surface area contributed by atoms with E-state index < -0.39 is 0 Å². The SMILES string of the molecule is Cc1nc(N)nc(N)c1C#CC(C)(C)c1ccccn1. The molecular formula is C15H17N5. The first-order valence-corrected chi connectivity index (χ1v) is 6.24. The number of rotatable bonds is 1. The zero-order valence-corrected chi connectivity index (χ0v) is 11.8. The van der Waals surface area contributed by atoms with Crippen molar-refractivity contribution in [2.24, 2.45) is 0 Å². The minimum Gasteiger partial charge on any atom is -0.382 e. The van der Waals surface area contributed by atoms with Crippen molar-refractivity contribution >= 4 is 11.8 Å². The van der Waals surface area contributed by atoms with Crippen LogP contribution in [-0.4, -0.2) is 15.0 Å². The maximum absolute atomic E-state index is 5.84. The van der Waals surface area contributed by atoms with Crippen molar-refractivity contribution in [3.05, 3.63) is 41.3 Å². The fourth-order valence-corrected chi connectivity index (χ4v) is 1.79. The average Bonchev–Trinajstić information content (AvgIpc) is 2.38. The number of nitrogen functional groups attached to an aromatic ring is 2. The molecule has 2 aromatic heterocycles. The van der Waals surface area contributed by atoms with Crippen LogP contribution in [0.5, 0.6) is 0 Å². The highest BCUT2D eigenvalue weighted by Crippen LogP contribution is 2.20. The molecule has 0 fully saturated rings. The predicted octanol–water partition coefficient (Wildman–Crippen LogP) is 1.67. The summed E-state index contributed by atoms with van der Waals surface area (Å²) in [7, 11) is 0. The van der Waals surface area contributed by atoms with Crippen LogP contribution in [0.15, 0.2) is 24.4 Å². The van der Waals surface area contributed by atoms with Crippen LogP contribution in [0.1, 0.15) is 30.8 Å². The van der Waals surface area contributed by atoms with Crippen molar-refractivity contribution in [3.63, 3.8) is 0 Å². The minimum atomic E-state index is -0.387. The number of aryl methyl sites for hydroxylation is 1. The third-order valence-electron chi connectivity index (χ3n) is 2.94. The van der Waals surface area contributed by atoms with Crippen molar-refractivity contribution in [2.45, 2.75) is 26.2 Å². The van der Waals surface area contributed by atoms with E-state index in [4.69, 9.17) is 11.5 Å². The monoisotopic (exact) mass is 267 g/mol. The van der Waals surface area contributed by atoms with E-state index in [1.807, 2.05) is 39.0 Å². The molecular weight excluding hydrogens is 250 g/mol. The number of nitrogens with two attached hydrogens (primary N) is 2. The lowest BCUT2D eigenvalue weighted by atomic mass is 9.89. The standard InChI is InChI=1S/C15H17N5/c1-10-11(13(16)20-14(17)19-10)7-8-15(2,3)12-6-4-5-9-18-12/h4-6,9H,1-3H3,(H4,16,17,19,20). The van der Waals surface area contributed by atoms with Gasteiger partial charge in [0.05, 0.1) is 22.4 Å². The number of anilines is 2. The molecule has 0 spiro atoms. The largest absolute Gasteiger partial charge is 0.382 e. The smallest absolute Gasteiger partial charge is 0.222 e. The summed E-state index contributed by atoms with van der Waals surface area (Å²) in [5, 5.41) is 0. The first kappa shape index (κ1) is 13.8. The highest BCUT2D eigenvalue weighted by atomic mass is 15.0. The zero-order chi connectivity index (χ0) is 14.8. The molecule has 0 radical (unpaired) electrons. The highest BCUT2D eigenvalue weighted by molar-refractivity contribution is 5.56. The molecule has 5 heteroatoms. The molecule has 0 atom stereocenters. The molecule has 20 heavy (non-hydrogen) atoms.